The minimum absolute atomic E-state index is 0.166. The van der Waals surface area contributed by atoms with Crippen LogP contribution in [0.1, 0.15) is 58.8 Å². The smallest absolute Gasteiger partial charge is 0.317 e. The second-order valence-corrected chi connectivity index (χ2v) is 8.13. The van der Waals surface area contributed by atoms with Gasteiger partial charge < -0.3 is 20.9 Å². The van der Waals surface area contributed by atoms with E-state index in [1.165, 1.54) is 19.3 Å². The molecular formula is C19H38N4O. The summed E-state index contributed by atoms with van der Waals surface area (Å²) in [4.78, 5) is 16.9. The molecular weight excluding hydrogens is 300 g/mol. The van der Waals surface area contributed by atoms with Crippen LogP contribution >= 0.6 is 0 Å². The van der Waals surface area contributed by atoms with Crippen molar-refractivity contribution >= 4 is 6.03 Å². The average Bonchev–Trinajstić information content (AvgIpc) is 3.06. The van der Waals surface area contributed by atoms with E-state index in [4.69, 9.17) is 5.73 Å². The summed E-state index contributed by atoms with van der Waals surface area (Å²) in [6.07, 6.45) is 8.34. The van der Waals surface area contributed by atoms with Gasteiger partial charge >= 0.3 is 6.03 Å². The van der Waals surface area contributed by atoms with Crippen molar-refractivity contribution in [2.75, 3.05) is 39.3 Å². The Balaban J connectivity index is 1.69. The van der Waals surface area contributed by atoms with Gasteiger partial charge in [0, 0.05) is 38.8 Å². The highest BCUT2D eigenvalue weighted by molar-refractivity contribution is 5.74. The van der Waals surface area contributed by atoms with Gasteiger partial charge in [0.15, 0.2) is 0 Å². The number of hydrogen-bond acceptors (Lipinski definition) is 3. The van der Waals surface area contributed by atoms with Gasteiger partial charge in [-0.15, -0.1) is 0 Å². The number of likely N-dealkylation sites (tertiary alicyclic amines) is 1. The summed E-state index contributed by atoms with van der Waals surface area (Å²) in [5, 5.41) is 3.22. The van der Waals surface area contributed by atoms with Crippen LogP contribution in [0.15, 0.2) is 0 Å². The van der Waals surface area contributed by atoms with E-state index in [0.29, 0.717) is 12.0 Å². The van der Waals surface area contributed by atoms with E-state index < -0.39 is 0 Å². The molecule has 2 aliphatic rings. The van der Waals surface area contributed by atoms with Crippen molar-refractivity contribution in [1.82, 2.24) is 15.1 Å². The van der Waals surface area contributed by atoms with Gasteiger partial charge in [-0.25, -0.2) is 4.79 Å². The predicted octanol–water partition coefficient (Wildman–Crippen LogP) is 2.66. The van der Waals surface area contributed by atoms with Crippen LogP contribution in [0, 0.1) is 11.8 Å². The third-order valence-corrected chi connectivity index (χ3v) is 5.57. The van der Waals surface area contributed by atoms with E-state index in [9.17, 15) is 4.79 Å². The first-order chi connectivity index (χ1) is 11.6. The number of piperidine rings is 1. The Morgan fingerprint density at radius 1 is 1.17 bits per heavy atom. The molecule has 0 radical (unpaired) electrons. The maximum atomic E-state index is 12.4. The number of rotatable bonds is 8. The largest absolute Gasteiger partial charge is 0.335 e. The van der Waals surface area contributed by atoms with E-state index in [1.807, 2.05) is 4.90 Å². The van der Waals surface area contributed by atoms with Gasteiger partial charge in [0.25, 0.3) is 0 Å². The van der Waals surface area contributed by atoms with E-state index in [0.717, 1.165) is 70.9 Å². The maximum absolute atomic E-state index is 12.4. The van der Waals surface area contributed by atoms with Crippen LogP contribution in [-0.2, 0) is 0 Å². The molecule has 5 nitrogen and oxygen atoms in total. The molecule has 0 aromatic heterocycles. The van der Waals surface area contributed by atoms with E-state index in [-0.39, 0.29) is 6.03 Å². The Labute approximate surface area is 148 Å². The first-order valence-corrected chi connectivity index (χ1v) is 10.1. The zero-order chi connectivity index (χ0) is 17.4. The monoisotopic (exact) mass is 338 g/mol. The lowest BCUT2D eigenvalue weighted by molar-refractivity contribution is 0.143. The molecule has 2 rings (SSSR count). The summed E-state index contributed by atoms with van der Waals surface area (Å²) >= 11 is 0. The summed E-state index contributed by atoms with van der Waals surface area (Å²) in [5.74, 6) is 1.45. The molecule has 5 heteroatoms. The molecule has 0 aromatic rings. The zero-order valence-electron chi connectivity index (χ0n) is 15.8. The molecule has 1 aliphatic carbocycles. The summed E-state index contributed by atoms with van der Waals surface area (Å²) < 4.78 is 0. The molecule has 1 saturated heterocycles. The van der Waals surface area contributed by atoms with Gasteiger partial charge in [0.2, 0.25) is 0 Å². The minimum Gasteiger partial charge on any atom is -0.335 e. The van der Waals surface area contributed by atoms with E-state index in [1.54, 1.807) is 0 Å². The molecule has 0 unspecified atom stereocenters. The van der Waals surface area contributed by atoms with Crippen molar-refractivity contribution in [1.29, 1.82) is 0 Å². The molecule has 0 atom stereocenters. The molecule has 1 heterocycles. The summed E-state index contributed by atoms with van der Waals surface area (Å²) in [6, 6.07) is 0.588. The highest BCUT2D eigenvalue weighted by Gasteiger charge is 2.26. The molecule has 0 aromatic carbocycles. The van der Waals surface area contributed by atoms with Gasteiger partial charge in [-0.3, -0.25) is 0 Å². The molecule has 140 valence electrons. The number of nitrogens with zero attached hydrogens (tertiary/aromatic N) is 2. The highest BCUT2D eigenvalue weighted by Crippen LogP contribution is 2.21. The molecule has 1 saturated carbocycles. The number of hydrogen-bond donors (Lipinski definition) is 2. The second-order valence-electron chi connectivity index (χ2n) is 8.13. The van der Waals surface area contributed by atoms with Crippen LogP contribution in [0.5, 0.6) is 0 Å². The maximum Gasteiger partial charge on any atom is 0.317 e. The average molecular weight is 339 g/mol. The predicted molar refractivity (Wildman–Crippen MR) is 100 cm³/mol. The lowest BCUT2D eigenvalue weighted by Crippen LogP contribution is -2.48. The number of amides is 2. The topological polar surface area (TPSA) is 61.6 Å². The van der Waals surface area contributed by atoms with Crippen LogP contribution in [0.4, 0.5) is 4.79 Å². The van der Waals surface area contributed by atoms with Gasteiger partial charge in [0.05, 0.1) is 0 Å². The Bertz CT molecular complexity index is 360. The second kappa shape index (κ2) is 10.2. The van der Waals surface area contributed by atoms with Crippen molar-refractivity contribution in [2.24, 2.45) is 17.6 Å². The Morgan fingerprint density at radius 2 is 1.83 bits per heavy atom. The van der Waals surface area contributed by atoms with Crippen LogP contribution < -0.4 is 11.1 Å². The number of carbonyl (C=O) groups is 1. The SMILES string of the molecule is CC(C)CCN(CCN)CC1CCN(C(=O)NC2CCCC2)CC1. The third kappa shape index (κ3) is 6.60. The van der Waals surface area contributed by atoms with E-state index >= 15 is 0 Å². The molecule has 3 N–H and O–H groups in total. The summed E-state index contributed by atoms with van der Waals surface area (Å²) in [7, 11) is 0. The summed E-state index contributed by atoms with van der Waals surface area (Å²) in [5.41, 5.74) is 5.78. The number of nitrogens with two attached hydrogens (primary N) is 1. The van der Waals surface area contributed by atoms with Crippen LogP contribution in [0.2, 0.25) is 0 Å². The van der Waals surface area contributed by atoms with Crippen molar-refractivity contribution < 1.29 is 4.79 Å². The quantitative estimate of drug-likeness (QED) is 0.715. The summed E-state index contributed by atoms with van der Waals surface area (Å²) in [6.45, 7) is 10.4. The Morgan fingerprint density at radius 3 is 2.42 bits per heavy atom. The van der Waals surface area contributed by atoms with Crippen molar-refractivity contribution in [2.45, 2.75) is 64.8 Å². The molecule has 0 bridgehead atoms. The number of nitrogens with one attached hydrogen (secondary N) is 1. The fourth-order valence-corrected chi connectivity index (χ4v) is 3.94. The Kier molecular flexibility index (Phi) is 8.33. The lowest BCUT2D eigenvalue weighted by Gasteiger charge is -2.35. The van der Waals surface area contributed by atoms with E-state index in [2.05, 4.69) is 24.1 Å². The zero-order valence-corrected chi connectivity index (χ0v) is 15.8. The molecule has 1 aliphatic heterocycles. The van der Waals surface area contributed by atoms with Crippen molar-refractivity contribution in [3.8, 4) is 0 Å². The van der Waals surface area contributed by atoms with Gasteiger partial charge in [-0.05, 0) is 50.5 Å². The lowest BCUT2D eigenvalue weighted by atomic mass is 9.96. The minimum atomic E-state index is 0.166. The van der Waals surface area contributed by atoms with Gasteiger partial charge in [-0.1, -0.05) is 26.7 Å². The normalized spacial score (nSPS) is 20.3. The first-order valence-electron chi connectivity index (χ1n) is 10.1. The molecule has 24 heavy (non-hydrogen) atoms. The van der Waals surface area contributed by atoms with Crippen molar-refractivity contribution in [3.63, 3.8) is 0 Å². The third-order valence-electron chi connectivity index (χ3n) is 5.57. The number of carbonyl (C=O) groups excluding carboxylic acids is 1. The van der Waals surface area contributed by atoms with Crippen LogP contribution in [0.25, 0.3) is 0 Å². The fourth-order valence-electron chi connectivity index (χ4n) is 3.94. The van der Waals surface area contributed by atoms with Crippen LogP contribution in [0.3, 0.4) is 0 Å². The van der Waals surface area contributed by atoms with Crippen molar-refractivity contribution in [3.05, 3.63) is 0 Å². The standard InChI is InChI=1S/C19H38N4O/c1-16(2)7-11-22(14-10-20)15-17-8-12-23(13-9-17)19(24)21-18-5-3-4-6-18/h16-18H,3-15,20H2,1-2H3,(H,21,24). The number of urea groups is 1. The molecule has 2 fully saturated rings. The fraction of sp³-hybridized carbons (Fsp3) is 0.947. The van der Waals surface area contributed by atoms with Gasteiger partial charge in [0.1, 0.15) is 0 Å². The van der Waals surface area contributed by atoms with Crippen LogP contribution in [-0.4, -0.2) is 61.1 Å². The molecule has 2 amide bonds. The first kappa shape index (κ1) is 19.5. The Hall–Kier alpha value is -0.810. The van der Waals surface area contributed by atoms with Gasteiger partial charge in [-0.2, -0.15) is 0 Å². The molecule has 0 spiro atoms. The highest BCUT2D eigenvalue weighted by atomic mass is 16.2.